The van der Waals surface area contributed by atoms with Crippen molar-refractivity contribution in [3.8, 4) is 11.5 Å². The summed E-state index contributed by atoms with van der Waals surface area (Å²) in [4.78, 5) is 23.9. The molecule has 1 atom stereocenters. The number of carbonyl (C=O) groups is 2. The summed E-state index contributed by atoms with van der Waals surface area (Å²) >= 11 is 5.84. The predicted molar refractivity (Wildman–Crippen MR) is 98.7 cm³/mol. The Hall–Kier alpha value is -2.80. The fourth-order valence-corrected chi connectivity index (χ4v) is 2.27. The van der Waals surface area contributed by atoms with Crippen LogP contribution in [0.25, 0.3) is 0 Å². The summed E-state index contributed by atoms with van der Waals surface area (Å²) in [6.07, 6.45) is -1.08. The highest BCUT2D eigenvalue weighted by Gasteiger charge is 2.19. The number of anilines is 1. The first-order valence-corrected chi connectivity index (χ1v) is 8.58. The van der Waals surface area contributed by atoms with Gasteiger partial charge in [0.25, 0.3) is 5.91 Å². The second-order valence-electron chi connectivity index (χ2n) is 5.44. The Bertz CT molecular complexity index is 797. The summed E-state index contributed by atoms with van der Waals surface area (Å²) in [6, 6.07) is 10.3. The van der Waals surface area contributed by atoms with E-state index in [4.69, 9.17) is 25.8 Å². The Morgan fingerprint density at radius 1 is 1.11 bits per heavy atom. The van der Waals surface area contributed by atoms with Gasteiger partial charge >= 0.3 is 5.97 Å². The average Bonchev–Trinajstić information content (AvgIpc) is 2.63. The Labute approximate surface area is 161 Å². The molecular weight excluding hydrogens is 377 g/mol. The number of amides is 1. The number of hydrogen-bond acceptors (Lipinski definition) is 5. The third-order valence-electron chi connectivity index (χ3n) is 3.36. The van der Waals surface area contributed by atoms with Crippen molar-refractivity contribution in [2.24, 2.45) is 0 Å². The van der Waals surface area contributed by atoms with Crippen molar-refractivity contribution in [1.82, 2.24) is 0 Å². The molecule has 0 radical (unpaired) electrons. The Morgan fingerprint density at radius 3 is 2.33 bits per heavy atom. The molecule has 2 aromatic rings. The maximum absolute atomic E-state index is 13.0. The maximum Gasteiger partial charge on any atom is 0.344 e. The van der Waals surface area contributed by atoms with Gasteiger partial charge in [0.05, 0.1) is 17.3 Å². The van der Waals surface area contributed by atoms with Gasteiger partial charge in [-0.05, 0) is 56.3 Å². The van der Waals surface area contributed by atoms with Crippen molar-refractivity contribution < 1.29 is 28.2 Å². The van der Waals surface area contributed by atoms with Crippen LogP contribution in [0.3, 0.4) is 0 Å². The van der Waals surface area contributed by atoms with Crippen LogP contribution in [0.1, 0.15) is 13.8 Å². The molecule has 0 aromatic heterocycles. The zero-order valence-corrected chi connectivity index (χ0v) is 15.6. The van der Waals surface area contributed by atoms with Gasteiger partial charge < -0.3 is 19.5 Å². The van der Waals surface area contributed by atoms with Gasteiger partial charge in [-0.3, -0.25) is 4.79 Å². The third kappa shape index (κ3) is 6.45. The molecule has 0 aliphatic carbocycles. The maximum atomic E-state index is 13.0. The number of rotatable bonds is 8. The Kier molecular flexibility index (Phi) is 7.43. The van der Waals surface area contributed by atoms with Crippen LogP contribution in [0.15, 0.2) is 42.5 Å². The van der Waals surface area contributed by atoms with Crippen LogP contribution < -0.4 is 14.8 Å². The van der Waals surface area contributed by atoms with E-state index in [1.165, 1.54) is 13.0 Å². The Morgan fingerprint density at radius 2 is 1.74 bits per heavy atom. The molecule has 27 heavy (non-hydrogen) atoms. The van der Waals surface area contributed by atoms with Crippen LogP contribution in [0.2, 0.25) is 5.02 Å². The van der Waals surface area contributed by atoms with E-state index < -0.39 is 23.8 Å². The van der Waals surface area contributed by atoms with Gasteiger partial charge in [0.2, 0.25) is 0 Å². The molecule has 144 valence electrons. The first kappa shape index (κ1) is 20.5. The SMILES string of the molecule is CCOc1ccc(OCC(=O)OC(C)C(=O)Nc2ccc(F)cc2Cl)cc1. The normalized spacial score (nSPS) is 11.4. The van der Waals surface area contributed by atoms with E-state index in [1.54, 1.807) is 24.3 Å². The smallest absolute Gasteiger partial charge is 0.344 e. The van der Waals surface area contributed by atoms with E-state index in [0.29, 0.717) is 18.1 Å². The summed E-state index contributed by atoms with van der Waals surface area (Å²) in [7, 11) is 0. The number of hydrogen-bond donors (Lipinski definition) is 1. The monoisotopic (exact) mass is 395 g/mol. The molecule has 0 spiro atoms. The molecule has 1 unspecified atom stereocenters. The highest BCUT2D eigenvalue weighted by Crippen LogP contribution is 2.22. The highest BCUT2D eigenvalue weighted by atomic mass is 35.5. The van der Waals surface area contributed by atoms with Crippen molar-refractivity contribution in [2.45, 2.75) is 20.0 Å². The van der Waals surface area contributed by atoms with Crippen molar-refractivity contribution in [3.05, 3.63) is 53.3 Å². The average molecular weight is 396 g/mol. The van der Waals surface area contributed by atoms with E-state index in [1.807, 2.05) is 6.92 Å². The summed E-state index contributed by atoms with van der Waals surface area (Å²) < 4.78 is 28.6. The molecule has 8 heteroatoms. The van der Waals surface area contributed by atoms with Gasteiger partial charge in [0.1, 0.15) is 17.3 Å². The zero-order valence-electron chi connectivity index (χ0n) is 14.8. The number of ether oxygens (including phenoxy) is 3. The number of carbonyl (C=O) groups excluding carboxylic acids is 2. The van der Waals surface area contributed by atoms with Gasteiger partial charge in [-0.25, -0.2) is 9.18 Å². The number of nitrogens with one attached hydrogen (secondary N) is 1. The fraction of sp³-hybridized carbons (Fsp3) is 0.263. The predicted octanol–water partition coefficient (Wildman–Crippen LogP) is 3.83. The lowest BCUT2D eigenvalue weighted by Crippen LogP contribution is -2.31. The lowest BCUT2D eigenvalue weighted by atomic mass is 10.3. The first-order valence-electron chi connectivity index (χ1n) is 8.20. The molecule has 0 aliphatic heterocycles. The molecule has 0 saturated heterocycles. The van der Waals surface area contributed by atoms with Crippen LogP contribution in [-0.2, 0) is 14.3 Å². The number of halogens is 2. The molecular formula is C19H19ClFNO5. The molecule has 0 saturated carbocycles. The largest absolute Gasteiger partial charge is 0.494 e. The lowest BCUT2D eigenvalue weighted by molar-refractivity contribution is -0.155. The van der Waals surface area contributed by atoms with Crippen molar-refractivity contribution in [2.75, 3.05) is 18.5 Å². The number of esters is 1. The van der Waals surface area contributed by atoms with Gasteiger partial charge in [-0.1, -0.05) is 11.6 Å². The molecule has 0 aliphatic rings. The molecule has 0 bridgehead atoms. The standard InChI is InChI=1S/C19H19ClFNO5/c1-3-25-14-5-7-15(8-6-14)26-11-18(23)27-12(2)19(24)22-17-9-4-13(21)10-16(17)20/h4-10,12H,3,11H2,1-2H3,(H,22,24). The van der Waals surface area contributed by atoms with Crippen LogP contribution >= 0.6 is 11.6 Å². The summed E-state index contributed by atoms with van der Waals surface area (Å²) in [5, 5.41) is 2.51. The summed E-state index contributed by atoms with van der Waals surface area (Å²) in [6.45, 7) is 3.47. The van der Waals surface area contributed by atoms with Crippen LogP contribution in [-0.4, -0.2) is 31.2 Å². The molecule has 2 aromatic carbocycles. The third-order valence-corrected chi connectivity index (χ3v) is 3.67. The minimum atomic E-state index is -1.08. The minimum absolute atomic E-state index is 0.0423. The van der Waals surface area contributed by atoms with Gasteiger partial charge in [0.15, 0.2) is 12.7 Å². The lowest BCUT2D eigenvalue weighted by Gasteiger charge is -2.14. The van der Waals surface area contributed by atoms with E-state index >= 15 is 0 Å². The second kappa shape index (κ2) is 9.78. The van der Waals surface area contributed by atoms with Crippen LogP contribution in [0.4, 0.5) is 10.1 Å². The van der Waals surface area contributed by atoms with Crippen molar-refractivity contribution >= 4 is 29.2 Å². The van der Waals surface area contributed by atoms with Crippen molar-refractivity contribution in [1.29, 1.82) is 0 Å². The van der Waals surface area contributed by atoms with Gasteiger partial charge in [0, 0.05) is 0 Å². The fourth-order valence-electron chi connectivity index (χ4n) is 2.05. The van der Waals surface area contributed by atoms with E-state index in [2.05, 4.69) is 5.32 Å². The highest BCUT2D eigenvalue weighted by molar-refractivity contribution is 6.33. The molecule has 2 rings (SSSR count). The quantitative estimate of drug-likeness (QED) is 0.688. The second-order valence-corrected chi connectivity index (χ2v) is 5.85. The van der Waals surface area contributed by atoms with Crippen LogP contribution in [0.5, 0.6) is 11.5 Å². The topological polar surface area (TPSA) is 73.9 Å². The van der Waals surface area contributed by atoms with Gasteiger partial charge in [-0.15, -0.1) is 0 Å². The molecule has 0 heterocycles. The van der Waals surface area contributed by atoms with E-state index in [9.17, 15) is 14.0 Å². The molecule has 1 amide bonds. The first-order chi connectivity index (χ1) is 12.9. The summed E-state index contributed by atoms with van der Waals surface area (Å²) in [5.74, 6) is -0.679. The van der Waals surface area contributed by atoms with Crippen molar-refractivity contribution in [3.63, 3.8) is 0 Å². The Balaban J connectivity index is 1.81. The number of benzene rings is 2. The molecule has 0 fully saturated rings. The van der Waals surface area contributed by atoms with E-state index in [0.717, 1.165) is 12.1 Å². The molecule has 6 nitrogen and oxygen atoms in total. The van der Waals surface area contributed by atoms with Gasteiger partial charge in [-0.2, -0.15) is 0 Å². The zero-order chi connectivity index (χ0) is 19.8. The van der Waals surface area contributed by atoms with E-state index in [-0.39, 0.29) is 17.3 Å². The minimum Gasteiger partial charge on any atom is -0.494 e. The van der Waals surface area contributed by atoms with Crippen LogP contribution in [0, 0.1) is 5.82 Å². The summed E-state index contributed by atoms with van der Waals surface area (Å²) in [5.41, 5.74) is 0.219. The molecule has 1 N–H and O–H groups in total.